The van der Waals surface area contributed by atoms with Crippen LogP contribution in [0.4, 0.5) is 0 Å². The highest BCUT2D eigenvalue weighted by atomic mass is 16.5. The van der Waals surface area contributed by atoms with Crippen molar-refractivity contribution in [3.8, 4) is 0 Å². The monoisotopic (exact) mass is 240 g/mol. The van der Waals surface area contributed by atoms with Gasteiger partial charge in [-0.15, -0.1) is 0 Å². The first-order valence-electron chi connectivity index (χ1n) is 5.87. The van der Waals surface area contributed by atoms with Crippen LogP contribution in [-0.4, -0.2) is 18.4 Å². The highest BCUT2D eigenvalue weighted by Crippen LogP contribution is 2.33. The minimum absolute atomic E-state index is 0.0279. The molecule has 1 aliphatic heterocycles. The second kappa shape index (κ2) is 3.95. The zero-order valence-corrected chi connectivity index (χ0v) is 9.97. The molecular formula is C15H12O3. The number of hydrogen-bond acceptors (Lipinski definition) is 3. The summed E-state index contributed by atoms with van der Waals surface area (Å²) >= 11 is 0. The van der Waals surface area contributed by atoms with Crippen LogP contribution in [0, 0.1) is 0 Å². The third kappa shape index (κ3) is 1.51. The Kier molecular flexibility index (Phi) is 2.40. The third-order valence-electron chi connectivity index (χ3n) is 3.41. The molecule has 1 unspecified atom stereocenters. The van der Waals surface area contributed by atoms with Crippen LogP contribution < -0.4 is 0 Å². The van der Waals surface area contributed by atoms with Crippen molar-refractivity contribution in [1.29, 1.82) is 0 Å². The van der Waals surface area contributed by atoms with E-state index in [1.807, 2.05) is 30.3 Å². The second-order valence-electron chi connectivity index (χ2n) is 4.51. The molecule has 3 heteroatoms. The molecule has 2 aromatic rings. The lowest BCUT2D eigenvalue weighted by molar-refractivity contribution is -0.119. The van der Waals surface area contributed by atoms with Crippen molar-refractivity contribution in [3.05, 3.63) is 47.5 Å². The molecule has 0 aliphatic carbocycles. The molecule has 0 saturated carbocycles. The van der Waals surface area contributed by atoms with Crippen molar-refractivity contribution >= 4 is 22.5 Å². The molecule has 1 heterocycles. The minimum Gasteiger partial charge on any atom is -0.461 e. The van der Waals surface area contributed by atoms with Gasteiger partial charge in [0, 0.05) is 0 Å². The van der Waals surface area contributed by atoms with E-state index in [4.69, 9.17) is 4.74 Å². The Hall–Kier alpha value is -2.16. The minimum atomic E-state index is -0.344. The standard InChI is InChI=1S/C15H12O3/c1-9(16)13-8-18-15(17)12-7-6-10-4-2-3-5-11(10)14(12)13/h2-7,13H,8H2,1H3. The number of carbonyl (C=O) groups excluding carboxylic acids is 2. The Bertz CT molecular complexity index is 658. The normalized spacial score (nSPS) is 18.3. The van der Waals surface area contributed by atoms with Gasteiger partial charge in [0.1, 0.15) is 12.4 Å². The van der Waals surface area contributed by atoms with Crippen molar-refractivity contribution in [1.82, 2.24) is 0 Å². The van der Waals surface area contributed by atoms with Crippen molar-refractivity contribution in [2.24, 2.45) is 0 Å². The summed E-state index contributed by atoms with van der Waals surface area (Å²) in [6, 6.07) is 11.4. The number of esters is 1. The van der Waals surface area contributed by atoms with Crippen LogP contribution in [0.5, 0.6) is 0 Å². The van der Waals surface area contributed by atoms with Crippen LogP contribution in [0.1, 0.15) is 28.8 Å². The number of cyclic esters (lactones) is 1. The number of rotatable bonds is 1. The summed E-state index contributed by atoms with van der Waals surface area (Å²) in [5, 5.41) is 2.00. The lowest BCUT2D eigenvalue weighted by Gasteiger charge is -2.24. The number of Topliss-reactive ketones (excluding diaryl/α,β-unsaturated/α-hetero) is 1. The molecule has 0 fully saturated rings. The smallest absolute Gasteiger partial charge is 0.338 e. The zero-order valence-electron chi connectivity index (χ0n) is 9.97. The Morgan fingerprint density at radius 3 is 2.78 bits per heavy atom. The van der Waals surface area contributed by atoms with Crippen molar-refractivity contribution in [2.45, 2.75) is 12.8 Å². The number of ketones is 1. The van der Waals surface area contributed by atoms with Gasteiger partial charge >= 0.3 is 5.97 Å². The van der Waals surface area contributed by atoms with Crippen molar-refractivity contribution in [2.75, 3.05) is 6.61 Å². The van der Waals surface area contributed by atoms with E-state index >= 15 is 0 Å². The van der Waals surface area contributed by atoms with Crippen LogP contribution in [0.15, 0.2) is 36.4 Å². The number of ether oxygens (including phenoxy) is 1. The summed E-state index contributed by atoms with van der Waals surface area (Å²) in [6.45, 7) is 1.69. The average Bonchev–Trinajstić information content (AvgIpc) is 2.38. The molecule has 0 radical (unpaired) electrons. The summed E-state index contributed by atoms with van der Waals surface area (Å²) in [6.07, 6.45) is 0. The van der Waals surface area contributed by atoms with Gasteiger partial charge in [-0.2, -0.15) is 0 Å². The van der Waals surface area contributed by atoms with Gasteiger partial charge in [-0.25, -0.2) is 4.79 Å². The van der Waals surface area contributed by atoms with Crippen LogP contribution in [0.3, 0.4) is 0 Å². The maximum atomic E-state index is 11.8. The van der Waals surface area contributed by atoms with E-state index in [0.717, 1.165) is 16.3 Å². The highest BCUT2D eigenvalue weighted by molar-refractivity contribution is 6.04. The molecule has 18 heavy (non-hydrogen) atoms. The maximum absolute atomic E-state index is 11.8. The second-order valence-corrected chi connectivity index (χ2v) is 4.51. The van der Waals surface area contributed by atoms with Crippen LogP contribution in [0.2, 0.25) is 0 Å². The fourth-order valence-electron chi connectivity index (χ4n) is 2.49. The summed E-state index contributed by atoms with van der Waals surface area (Å²) in [5.41, 5.74) is 1.33. The molecule has 0 saturated heterocycles. The van der Waals surface area contributed by atoms with Crippen molar-refractivity contribution < 1.29 is 14.3 Å². The number of fused-ring (bicyclic) bond motifs is 3. The first-order chi connectivity index (χ1) is 8.68. The topological polar surface area (TPSA) is 43.4 Å². The SMILES string of the molecule is CC(=O)C1COC(=O)c2ccc3ccccc3c21. The molecule has 90 valence electrons. The van der Waals surface area contributed by atoms with E-state index < -0.39 is 0 Å². The number of carbonyl (C=O) groups is 2. The van der Waals surface area contributed by atoms with E-state index in [1.165, 1.54) is 6.92 Å². The Morgan fingerprint density at radius 2 is 2.00 bits per heavy atom. The third-order valence-corrected chi connectivity index (χ3v) is 3.41. The fourth-order valence-corrected chi connectivity index (χ4v) is 2.49. The summed E-state index contributed by atoms with van der Waals surface area (Å²) in [7, 11) is 0. The lowest BCUT2D eigenvalue weighted by atomic mass is 9.86. The molecule has 0 amide bonds. The van der Waals surface area contributed by atoms with Crippen LogP contribution in [0.25, 0.3) is 10.8 Å². The fraction of sp³-hybridized carbons (Fsp3) is 0.200. The lowest BCUT2D eigenvalue weighted by Crippen LogP contribution is -2.26. The average molecular weight is 240 g/mol. The van der Waals surface area contributed by atoms with Crippen molar-refractivity contribution in [3.63, 3.8) is 0 Å². The van der Waals surface area contributed by atoms with E-state index in [0.29, 0.717) is 5.56 Å². The molecule has 1 aliphatic rings. The Balaban J connectivity index is 2.37. The van der Waals surface area contributed by atoms with Gasteiger partial charge in [0.15, 0.2) is 0 Å². The van der Waals surface area contributed by atoms with Crippen LogP contribution >= 0.6 is 0 Å². The van der Waals surface area contributed by atoms with Gasteiger partial charge in [-0.1, -0.05) is 30.3 Å². The summed E-state index contributed by atoms with van der Waals surface area (Å²) in [5.74, 6) is -0.655. The van der Waals surface area contributed by atoms with E-state index in [2.05, 4.69) is 0 Å². The predicted octanol–water partition coefficient (Wildman–Crippen LogP) is 2.68. The quantitative estimate of drug-likeness (QED) is 0.720. The van der Waals surface area contributed by atoms with Gasteiger partial charge in [-0.3, -0.25) is 4.79 Å². The van der Waals surface area contributed by atoms with Gasteiger partial charge in [-0.05, 0) is 29.3 Å². The van der Waals surface area contributed by atoms with Gasteiger partial charge in [0.05, 0.1) is 11.5 Å². The molecule has 1 atom stereocenters. The van der Waals surface area contributed by atoms with Crippen LogP contribution in [-0.2, 0) is 9.53 Å². The van der Waals surface area contributed by atoms with Gasteiger partial charge < -0.3 is 4.74 Å². The highest BCUT2D eigenvalue weighted by Gasteiger charge is 2.31. The number of benzene rings is 2. The predicted molar refractivity (Wildman–Crippen MR) is 67.7 cm³/mol. The molecule has 0 aromatic heterocycles. The zero-order chi connectivity index (χ0) is 12.7. The van der Waals surface area contributed by atoms with E-state index in [1.54, 1.807) is 6.07 Å². The molecule has 0 spiro atoms. The summed E-state index contributed by atoms with van der Waals surface area (Å²) < 4.78 is 5.07. The molecular weight excluding hydrogens is 228 g/mol. The molecule has 3 nitrogen and oxygen atoms in total. The maximum Gasteiger partial charge on any atom is 0.338 e. The van der Waals surface area contributed by atoms with E-state index in [-0.39, 0.29) is 24.3 Å². The van der Waals surface area contributed by atoms with E-state index in [9.17, 15) is 9.59 Å². The Labute approximate surface area is 104 Å². The van der Waals surface area contributed by atoms with Gasteiger partial charge in [0.25, 0.3) is 0 Å². The first kappa shape index (κ1) is 11.0. The largest absolute Gasteiger partial charge is 0.461 e. The molecule has 3 rings (SSSR count). The summed E-state index contributed by atoms with van der Waals surface area (Å²) in [4.78, 5) is 23.5. The molecule has 0 bridgehead atoms. The Morgan fingerprint density at radius 1 is 1.22 bits per heavy atom. The molecule has 2 aromatic carbocycles. The molecule has 0 N–H and O–H groups in total. The van der Waals surface area contributed by atoms with Gasteiger partial charge in [0.2, 0.25) is 0 Å². The first-order valence-corrected chi connectivity index (χ1v) is 5.87. The number of hydrogen-bond donors (Lipinski definition) is 0.